The maximum Gasteiger partial charge on any atom is 0.140 e. The molecule has 1 fully saturated rings. The summed E-state index contributed by atoms with van der Waals surface area (Å²) in [6, 6.07) is 6.15. The standard InChI is InChI=1S/C13H15BrN4/c1-17-5-7-18(8-6-17)13-10-3-2-4-11(14)12(10)15-9-16-13/h2-4,9H,5-8H2,1H3. The predicted octanol–water partition coefficient (Wildman–Crippen LogP) is 2.14. The van der Waals surface area contributed by atoms with Crippen molar-refractivity contribution in [1.29, 1.82) is 0 Å². The van der Waals surface area contributed by atoms with Crippen LogP contribution in [0.1, 0.15) is 0 Å². The van der Waals surface area contributed by atoms with Gasteiger partial charge >= 0.3 is 0 Å². The van der Waals surface area contributed by atoms with Gasteiger partial charge in [-0.3, -0.25) is 0 Å². The van der Waals surface area contributed by atoms with Crippen LogP contribution in [0.3, 0.4) is 0 Å². The SMILES string of the molecule is CN1CCN(c2ncnc3c(Br)cccc23)CC1. The number of halogens is 1. The first-order chi connectivity index (χ1) is 8.75. The van der Waals surface area contributed by atoms with Crippen LogP contribution in [0.4, 0.5) is 5.82 Å². The molecule has 5 heteroatoms. The minimum absolute atomic E-state index is 0.987. The molecule has 0 atom stereocenters. The molecule has 0 unspecified atom stereocenters. The second-order valence-electron chi connectivity index (χ2n) is 4.62. The maximum absolute atomic E-state index is 4.47. The molecule has 0 spiro atoms. The molecule has 3 rings (SSSR count). The molecule has 4 nitrogen and oxygen atoms in total. The van der Waals surface area contributed by atoms with E-state index in [2.05, 4.69) is 48.8 Å². The van der Waals surface area contributed by atoms with E-state index in [1.54, 1.807) is 6.33 Å². The van der Waals surface area contributed by atoms with Crippen LogP contribution in [-0.4, -0.2) is 48.1 Å². The number of nitrogens with zero attached hydrogens (tertiary/aromatic N) is 4. The van der Waals surface area contributed by atoms with Crippen LogP contribution in [0.5, 0.6) is 0 Å². The summed E-state index contributed by atoms with van der Waals surface area (Å²) in [4.78, 5) is 13.5. The van der Waals surface area contributed by atoms with Crippen LogP contribution in [0.2, 0.25) is 0 Å². The Labute approximate surface area is 115 Å². The van der Waals surface area contributed by atoms with Gasteiger partial charge in [0.2, 0.25) is 0 Å². The Morgan fingerprint density at radius 3 is 2.67 bits per heavy atom. The third-order valence-corrected chi connectivity index (χ3v) is 4.04. The smallest absolute Gasteiger partial charge is 0.140 e. The topological polar surface area (TPSA) is 32.3 Å². The number of aromatic nitrogens is 2. The van der Waals surface area contributed by atoms with Gasteiger partial charge < -0.3 is 9.80 Å². The third-order valence-electron chi connectivity index (χ3n) is 3.40. The number of piperazine rings is 1. The van der Waals surface area contributed by atoms with Crippen molar-refractivity contribution in [3.05, 3.63) is 29.0 Å². The second-order valence-corrected chi connectivity index (χ2v) is 5.48. The molecule has 0 saturated carbocycles. The van der Waals surface area contributed by atoms with Crippen LogP contribution in [0.15, 0.2) is 29.0 Å². The fourth-order valence-electron chi connectivity index (χ4n) is 2.31. The summed E-state index contributed by atoms with van der Waals surface area (Å²) >= 11 is 3.55. The highest BCUT2D eigenvalue weighted by Crippen LogP contribution is 2.28. The summed E-state index contributed by atoms with van der Waals surface area (Å²) in [7, 11) is 2.16. The number of likely N-dealkylation sites (N-methyl/N-ethyl adjacent to an activating group) is 1. The monoisotopic (exact) mass is 306 g/mol. The van der Waals surface area contributed by atoms with Crippen molar-refractivity contribution in [1.82, 2.24) is 14.9 Å². The zero-order valence-electron chi connectivity index (χ0n) is 10.3. The molecule has 2 aromatic rings. The first kappa shape index (κ1) is 11.9. The van der Waals surface area contributed by atoms with E-state index in [-0.39, 0.29) is 0 Å². The van der Waals surface area contributed by atoms with Gasteiger partial charge in [-0.15, -0.1) is 0 Å². The molecule has 2 heterocycles. The summed E-state index contributed by atoms with van der Waals surface area (Å²) in [5.74, 6) is 1.05. The largest absolute Gasteiger partial charge is 0.353 e. The molecule has 0 radical (unpaired) electrons. The minimum Gasteiger partial charge on any atom is -0.353 e. The van der Waals surface area contributed by atoms with Gasteiger partial charge in [0.1, 0.15) is 12.1 Å². The number of fused-ring (bicyclic) bond motifs is 1. The average Bonchev–Trinajstić information content (AvgIpc) is 2.40. The lowest BCUT2D eigenvalue weighted by Gasteiger charge is -2.33. The zero-order valence-corrected chi connectivity index (χ0v) is 11.9. The van der Waals surface area contributed by atoms with Crippen LogP contribution in [0, 0.1) is 0 Å². The summed E-state index contributed by atoms with van der Waals surface area (Å²) in [5.41, 5.74) is 0.987. The lowest BCUT2D eigenvalue weighted by atomic mass is 10.2. The Morgan fingerprint density at radius 2 is 1.89 bits per heavy atom. The summed E-state index contributed by atoms with van der Waals surface area (Å²) < 4.78 is 1.03. The van der Waals surface area contributed by atoms with Crippen molar-refractivity contribution in [3.8, 4) is 0 Å². The van der Waals surface area contributed by atoms with E-state index in [0.717, 1.165) is 47.4 Å². The Kier molecular flexibility index (Phi) is 3.18. The summed E-state index contributed by atoms with van der Waals surface area (Å²) in [6.07, 6.45) is 1.65. The van der Waals surface area contributed by atoms with Crippen molar-refractivity contribution in [3.63, 3.8) is 0 Å². The molecular formula is C13H15BrN4. The van der Waals surface area contributed by atoms with E-state index in [0.29, 0.717) is 0 Å². The Bertz CT molecular complexity index is 564. The van der Waals surface area contributed by atoms with Gasteiger partial charge in [-0.1, -0.05) is 6.07 Å². The molecule has 18 heavy (non-hydrogen) atoms. The van der Waals surface area contributed by atoms with Crippen molar-refractivity contribution >= 4 is 32.7 Å². The number of hydrogen-bond acceptors (Lipinski definition) is 4. The molecule has 94 valence electrons. The second kappa shape index (κ2) is 4.82. The van der Waals surface area contributed by atoms with Gasteiger partial charge in [0.25, 0.3) is 0 Å². The van der Waals surface area contributed by atoms with Crippen LogP contribution >= 0.6 is 15.9 Å². The first-order valence-corrected chi connectivity index (χ1v) is 6.88. The number of benzene rings is 1. The quantitative estimate of drug-likeness (QED) is 0.808. The zero-order chi connectivity index (χ0) is 12.5. The number of anilines is 1. The van der Waals surface area contributed by atoms with E-state index >= 15 is 0 Å². The average molecular weight is 307 g/mol. The molecular weight excluding hydrogens is 292 g/mol. The van der Waals surface area contributed by atoms with Gasteiger partial charge in [0, 0.05) is 36.0 Å². The van der Waals surface area contributed by atoms with Crippen LogP contribution in [0.25, 0.3) is 10.9 Å². The highest BCUT2D eigenvalue weighted by atomic mass is 79.9. The maximum atomic E-state index is 4.47. The van der Waals surface area contributed by atoms with Crippen molar-refractivity contribution in [2.24, 2.45) is 0 Å². The van der Waals surface area contributed by atoms with Gasteiger partial charge in [0.15, 0.2) is 0 Å². The summed E-state index contributed by atoms with van der Waals surface area (Å²) in [6.45, 7) is 4.21. The fraction of sp³-hybridized carbons (Fsp3) is 0.385. The molecule has 0 aliphatic carbocycles. The molecule has 0 amide bonds. The predicted molar refractivity (Wildman–Crippen MR) is 76.9 cm³/mol. The van der Waals surface area contributed by atoms with Gasteiger partial charge in [-0.25, -0.2) is 9.97 Å². The van der Waals surface area contributed by atoms with Crippen LogP contribution < -0.4 is 4.90 Å². The van der Waals surface area contributed by atoms with Gasteiger partial charge in [-0.2, -0.15) is 0 Å². The fourth-order valence-corrected chi connectivity index (χ4v) is 2.78. The minimum atomic E-state index is 0.987. The number of hydrogen-bond donors (Lipinski definition) is 0. The molecule has 0 bridgehead atoms. The third kappa shape index (κ3) is 2.08. The van der Waals surface area contributed by atoms with Crippen molar-refractivity contribution < 1.29 is 0 Å². The van der Waals surface area contributed by atoms with E-state index in [9.17, 15) is 0 Å². The van der Waals surface area contributed by atoms with Crippen molar-refractivity contribution in [2.45, 2.75) is 0 Å². The van der Waals surface area contributed by atoms with E-state index in [4.69, 9.17) is 0 Å². The molecule has 1 aromatic heterocycles. The van der Waals surface area contributed by atoms with Gasteiger partial charge in [0.05, 0.1) is 5.52 Å². The summed E-state index contributed by atoms with van der Waals surface area (Å²) in [5, 5.41) is 1.12. The Balaban J connectivity index is 2.04. The van der Waals surface area contributed by atoms with E-state index < -0.39 is 0 Å². The van der Waals surface area contributed by atoms with Gasteiger partial charge in [-0.05, 0) is 35.1 Å². The highest BCUT2D eigenvalue weighted by Gasteiger charge is 2.17. The number of para-hydroxylation sites is 1. The van der Waals surface area contributed by atoms with Crippen molar-refractivity contribution in [2.75, 3.05) is 38.1 Å². The van der Waals surface area contributed by atoms with E-state index in [1.807, 2.05) is 12.1 Å². The molecule has 1 aliphatic rings. The number of rotatable bonds is 1. The highest BCUT2D eigenvalue weighted by molar-refractivity contribution is 9.10. The molecule has 1 aliphatic heterocycles. The van der Waals surface area contributed by atoms with Crippen LogP contribution in [-0.2, 0) is 0 Å². The van der Waals surface area contributed by atoms with E-state index in [1.165, 1.54) is 0 Å². The molecule has 1 saturated heterocycles. The lowest BCUT2D eigenvalue weighted by Crippen LogP contribution is -2.44. The Morgan fingerprint density at radius 1 is 1.11 bits per heavy atom. The molecule has 1 aromatic carbocycles. The normalized spacial score (nSPS) is 17.3. The first-order valence-electron chi connectivity index (χ1n) is 6.08. The Hall–Kier alpha value is -1.20. The molecule has 0 N–H and O–H groups in total. The lowest BCUT2D eigenvalue weighted by molar-refractivity contribution is 0.312.